The molecule has 6 heteroatoms. The van der Waals surface area contributed by atoms with E-state index < -0.39 is 0 Å². The van der Waals surface area contributed by atoms with E-state index in [2.05, 4.69) is 17.6 Å². The van der Waals surface area contributed by atoms with Gasteiger partial charge in [-0.1, -0.05) is 38.7 Å². The third-order valence-corrected chi connectivity index (χ3v) is 5.40. The number of hydrogen-bond donors (Lipinski definition) is 2. The minimum Gasteiger partial charge on any atom is -0.494 e. The molecule has 2 aromatic rings. The first kappa shape index (κ1) is 23.9. The van der Waals surface area contributed by atoms with Crippen molar-refractivity contribution >= 4 is 17.3 Å². The van der Waals surface area contributed by atoms with Crippen molar-refractivity contribution in [1.82, 2.24) is 0 Å². The highest BCUT2D eigenvalue weighted by Gasteiger charge is 2.16. The summed E-state index contributed by atoms with van der Waals surface area (Å²) in [4.78, 5) is 12.3. The van der Waals surface area contributed by atoms with Crippen molar-refractivity contribution < 1.29 is 19.0 Å². The summed E-state index contributed by atoms with van der Waals surface area (Å²) < 4.78 is 17.2. The van der Waals surface area contributed by atoms with Gasteiger partial charge in [-0.3, -0.25) is 4.79 Å². The molecule has 1 aliphatic heterocycles. The maximum absolute atomic E-state index is 12.3. The molecule has 2 aromatic carbocycles. The number of carbonyl (C=O) groups is 1. The number of rotatable bonds is 14. The van der Waals surface area contributed by atoms with E-state index in [0.29, 0.717) is 6.61 Å². The maximum atomic E-state index is 12.3. The molecule has 1 saturated heterocycles. The molecule has 0 radical (unpaired) electrons. The van der Waals surface area contributed by atoms with Crippen molar-refractivity contribution in [3.05, 3.63) is 48.5 Å². The predicted molar refractivity (Wildman–Crippen MR) is 129 cm³/mol. The number of carbonyl (C=O) groups excluding carboxylic acids is 1. The molecule has 174 valence electrons. The Bertz CT molecular complexity index is 804. The molecule has 0 aliphatic carbocycles. The van der Waals surface area contributed by atoms with Crippen molar-refractivity contribution in [3.8, 4) is 11.5 Å². The van der Waals surface area contributed by atoms with E-state index in [1.165, 1.54) is 25.7 Å². The van der Waals surface area contributed by atoms with Crippen LogP contribution in [0.4, 0.5) is 11.4 Å². The number of unbranched alkanes of at least 4 members (excludes halogenated alkanes) is 4. The normalized spacial score (nSPS) is 15.3. The molecule has 1 aliphatic rings. The van der Waals surface area contributed by atoms with E-state index in [4.69, 9.17) is 14.2 Å². The van der Waals surface area contributed by atoms with Crippen LogP contribution in [0, 0.1) is 0 Å². The van der Waals surface area contributed by atoms with Crippen molar-refractivity contribution in [2.45, 2.75) is 58.0 Å². The van der Waals surface area contributed by atoms with Gasteiger partial charge < -0.3 is 24.8 Å². The maximum Gasteiger partial charge on any atom is 0.243 e. The van der Waals surface area contributed by atoms with Crippen LogP contribution in [-0.4, -0.2) is 38.4 Å². The Morgan fingerprint density at radius 1 is 1.00 bits per heavy atom. The Labute approximate surface area is 191 Å². The smallest absolute Gasteiger partial charge is 0.243 e. The van der Waals surface area contributed by atoms with Crippen LogP contribution in [0.1, 0.15) is 51.9 Å². The average molecular weight is 441 g/mol. The summed E-state index contributed by atoms with van der Waals surface area (Å²) in [6, 6.07) is 15.2. The lowest BCUT2D eigenvalue weighted by Gasteiger charge is -2.13. The SMILES string of the molecule is CCCCCCCOc1ccc(NC(=O)CNc2cccc(OCC3CCCO3)c2)cc1. The van der Waals surface area contributed by atoms with E-state index in [9.17, 15) is 4.79 Å². The quantitative estimate of drug-likeness (QED) is 0.372. The zero-order chi connectivity index (χ0) is 22.4. The summed E-state index contributed by atoms with van der Waals surface area (Å²) in [7, 11) is 0. The Kier molecular flexibility index (Phi) is 10.2. The molecular weight excluding hydrogens is 404 g/mol. The number of amides is 1. The van der Waals surface area contributed by atoms with Gasteiger partial charge in [0, 0.05) is 24.0 Å². The molecular formula is C26H36N2O4. The summed E-state index contributed by atoms with van der Waals surface area (Å²) in [5.41, 5.74) is 1.59. The van der Waals surface area contributed by atoms with Crippen LogP contribution in [0.2, 0.25) is 0 Å². The minimum absolute atomic E-state index is 0.111. The number of benzene rings is 2. The minimum atomic E-state index is -0.111. The van der Waals surface area contributed by atoms with Crippen molar-refractivity contribution in [2.24, 2.45) is 0 Å². The third kappa shape index (κ3) is 8.79. The topological polar surface area (TPSA) is 68.8 Å². The lowest BCUT2D eigenvalue weighted by atomic mass is 10.2. The van der Waals surface area contributed by atoms with Crippen LogP contribution in [-0.2, 0) is 9.53 Å². The summed E-state index contributed by atoms with van der Waals surface area (Å²) in [5, 5.41) is 6.05. The highest BCUT2D eigenvalue weighted by Crippen LogP contribution is 2.20. The first-order valence-electron chi connectivity index (χ1n) is 11.8. The molecule has 6 nitrogen and oxygen atoms in total. The van der Waals surface area contributed by atoms with Crippen LogP contribution in [0.25, 0.3) is 0 Å². The first-order valence-corrected chi connectivity index (χ1v) is 11.8. The molecule has 0 bridgehead atoms. The summed E-state index contributed by atoms with van der Waals surface area (Å²) in [6.07, 6.45) is 8.41. The van der Waals surface area contributed by atoms with E-state index in [-0.39, 0.29) is 18.6 Å². The molecule has 1 unspecified atom stereocenters. The largest absolute Gasteiger partial charge is 0.494 e. The van der Waals surface area contributed by atoms with Gasteiger partial charge in [0.2, 0.25) is 5.91 Å². The van der Waals surface area contributed by atoms with Gasteiger partial charge >= 0.3 is 0 Å². The lowest BCUT2D eigenvalue weighted by molar-refractivity contribution is -0.114. The summed E-state index contributed by atoms with van der Waals surface area (Å²) >= 11 is 0. The molecule has 3 rings (SSSR count). The van der Waals surface area contributed by atoms with Gasteiger partial charge in [-0.2, -0.15) is 0 Å². The van der Waals surface area contributed by atoms with Gasteiger partial charge in [-0.15, -0.1) is 0 Å². The third-order valence-electron chi connectivity index (χ3n) is 5.40. The van der Waals surface area contributed by atoms with Gasteiger partial charge in [0.05, 0.1) is 19.3 Å². The fourth-order valence-electron chi connectivity index (χ4n) is 3.58. The number of hydrogen-bond acceptors (Lipinski definition) is 5. The van der Waals surface area contributed by atoms with Gasteiger partial charge in [0.15, 0.2) is 0 Å². The molecule has 1 atom stereocenters. The molecule has 0 spiro atoms. The van der Waals surface area contributed by atoms with E-state index in [1.54, 1.807) is 0 Å². The summed E-state index contributed by atoms with van der Waals surface area (Å²) in [6.45, 7) is 4.50. The first-order chi connectivity index (χ1) is 15.7. The van der Waals surface area contributed by atoms with Crippen LogP contribution >= 0.6 is 0 Å². The zero-order valence-corrected chi connectivity index (χ0v) is 19.1. The van der Waals surface area contributed by atoms with Crippen LogP contribution in [0.3, 0.4) is 0 Å². The van der Waals surface area contributed by atoms with E-state index >= 15 is 0 Å². The molecule has 1 fully saturated rings. The summed E-state index contributed by atoms with van der Waals surface area (Å²) in [5.74, 6) is 1.49. The standard InChI is InChI=1S/C26H36N2O4/c1-2-3-4-5-6-16-30-23-14-12-21(13-15-23)28-26(29)19-27-22-9-7-10-24(18-22)32-20-25-11-8-17-31-25/h7,9-10,12-15,18,25,27H,2-6,8,11,16-17,19-20H2,1H3,(H,28,29). The van der Waals surface area contributed by atoms with Gasteiger partial charge in [-0.25, -0.2) is 0 Å². The van der Waals surface area contributed by atoms with Crippen molar-refractivity contribution in [2.75, 3.05) is 37.0 Å². The van der Waals surface area contributed by atoms with Crippen LogP contribution in [0.5, 0.6) is 11.5 Å². The van der Waals surface area contributed by atoms with Gasteiger partial charge in [-0.05, 0) is 55.7 Å². The number of anilines is 2. The Morgan fingerprint density at radius 2 is 1.84 bits per heavy atom. The highest BCUT2D eigenvalue weighted by atomic mass is 16.5. The number of ether oxygens (including phenoxy) is 3. The van der Waals surface area contributed by atoms with Gasteiger partial charge in [0.1, 0.15) is 18.1 Å². The zero-order valence-electron chi connectivity index (χ0n) is 19.1. The second kappa shape index (κ2) is 13.6. The Balaban J connectivity index is 1.35. The molecule has 0 aromatic heterocycles. The van der Waals surface area contributed by atoms with Crippen molar-refractivity contribution in [1.29, 1.82) is 0 Å². The monoisotopic (exact) mass is 440 g/mol. The fraction of sp³-hybridized carbons (Fsp3) is 0.500. The van der Waals surface area contributed by atoms with E-state index in [1.807, 2.05) is 48.5 Å². The molecule has 32 heavy (non-hydrogen) atoms. The molecule has 1 amide bonds. The lowest BCUT2D eigenvalue weighted by Crippen LogP contribution is -2.21. The average Bonchev–Trinajstić information content (AvgIpc) is 3.34. The molecule has 0 saturated carbocycles. The van der Waals surface area contributed by atoms with E-state index in [0.717, 1.165) is 55.4 Å². The molecule has 2 N–H and O–H groups in total. The molecule has 1 heterocycles. The highest BCUT2D eigenvalue weighted by molar-refractivity contribution is 5.93. The predicted octanol–water partition coefficient (Wildman–Crippen LogP) is 5.64. The second-order valence-electron chi connectivity index (χ2n) is 8.16. The Morgan fingerprint density at radius 3 is 2.62 bits per heavy atom. The fourth-order valence-corrected chi connectivity index (χ4v) is 3.58. The number of nitrogens with one attached hydrogen (secondary N) is 2. The Hall–Kier alpha value is -2.73. The van der Waals surface area contributed by atoms with Crippen LogP contribution in [0.15, 0.2) is 48.5 Å². The van der Waals surface area contributed by atoms with Crippen molar-refractivity contribution in [3.63, 3.8) is 0 Å². The van der Waals surface area contributed by atoms with Crippen LogP contribution < -0.4 is 20.1 Å². The van der Waals surface area contributed by atoms with Gasteiger partial charge in [0.25, 0.3) is 0 Å². The second-order valence-corrected chi connectivity index (χ2v) is 8.16.